The number of rotatable bonds is 6. The summed E-state index contributed by atoms with van der Waals surface area (Å²) in [4.78, 5) is 18.4. The Kier molecular flexibility index (Phi) is 4.03. The van der Waals surface area contributed by atoms with Gasteiger partial charge in [-0.3, -0.25) is 15.2 Å². The second-order valence-electron chi connectivity index (χ2n) is 5.33. The number of anilines is 1. The molecule has 0 radical (unpaired) electrons. The molecule has 3 rings (SSSR count). The van der Waals surface area contributed by atoms with Crippen LogP contribution in [0, 0.1) is 12.8 Å². The summed E-state index contributed by atoms with van der Waals surface area (Å²) in [7, 11) is 0. The van der Waals surface area contributed by atoms with Gasteiger partial charge in [-0.2, -0.15) is 4.98 Å². The van der Waals surface area contributed by atoms with Gasteiger partial charge in [-0.1, -0.05) is 0 Å². The highest BCUT2D eigenvalue weighted by Gasteiger charge is 2.24. The maximum atomic E-state index is 12.0. The molecule has 1 atom stereocenters. The zero-order chi connectivity index (χ0) is 14.8. The first-order valence-electron chi connectivity index (χ1n) is 7.03. The van der Waals surface area contributed by atoms with Crippen LogP contribution in [0.5, 0.6) is 0 Å². The number of aryl methyl sites for hydroxylation is 1. The van der Waals surface area contributed by atoms with Crippen LogP contribution in [0.25, 0.3) is 10.7 Å². The van der Waals surface area contributed by atoms with Gasteiger partial charge in [0.1, 0.15) is 6.10 Å². The van der Waals surface area contributed by atoms with Gasteiger partial charge in [-0.25, -0.2) is 0 Å². The van der Waals surface area contributed by atoms with Crippen molar-refractivity contribution in [3.8, 4) is 10.7 Å². The fourth-order valence-electron chi connectivity index (χ4n) is 1.84. The van der Waals surface area contributed by atoms with Crippen LogP contribution in [0.2, 0.25) is 0 Å². The Labute approximate surface area is 126 Å². The van der Waals surface area contributed by atoms with Crippen molar-refractivity contribution >= 4 is 23.2 Å². The number of carbonyl (C=O) groups is 1. The number of thiophene rings is 1. The first-order chi connectivity index (χ1) is 10.1. The average Bonchev–Trinajstić information content (AvgIpc) is 3.01. The summed E-state index contributed by atoms with van der Waals surface area (Å²) in [5.41, 5.74) is 0. The third-order valence-corrected chi connectivity index (χ3v) is 4.35. The number of hydrogen-bond acceptors (Lipinski definition) is 5. The largest absolute Gasteiger partial charge is 0.368 e. The molecule has 0 bridgehead atoms. The van der Waals surface area contributed by atoms with Crippen molar-refractivity contribution in [2.45, 2.75) is 32.8 Å². The van der Waals surface area contributed by atoms with Crippen LogP contribution in [-0.2, 0) is 9.53 Å². The van der Waals surface area contributed by atoms with Crippen molar-refractivity contribution in [2.75, 3.05) is 11.9 Å². The van der Waals surface area contributed by atoms with Gasteiger partial charge < -0.3 is 4.74 Å². The number of amides is 1. The molecule has 1 aliphatic carbocycles. The van der Waals surface area contributed by atoms with E-state index < -0.39 is 6.10 Å². The number of nitrogens with one attached hydrogen (secondary N) is 2. The molecule has 2 aromatic rings. The lowest BCUT2D eigenvalue weighted by Crippen LogP contribution is -2.28. The Hall–Kier alpha value is -1.73. The van der Waals surface area contributed by atoms with E-state index in [4.69, 9.17) is 4.74 Å². The Morgan fingerprint density at radius 3 is 3.05 bits per heavy atom. The third kappa shape index (κ3) is 3.68. The monoisotopic (exact) mass is 306 g/mol. The highest BCUT2D eigenvalue weighted by molar-refractivity contribution is 7.15. The molecule has 7 heteroatoms. The predicted molar refractivity (Wildman–Crippen MR) is 81.2 cm³/mol. The van der Waals surface area contributed by atoms with E-state index >= 15 is 0 Å². The molecule has 2 heterocycles. The predicted octanol–water partition coefficient (Wildman–Crippen LogP) is 2.60. The molecule has 0 saturated heterocycles. The molecule has 1 aliphatic rings. The maximum absolute atomic E-state index is 12.0. The fraction of sp³-hybridized carbons (Fsp3) is 0.500. The number of ether oxygens (including phenoxy) is 1. The van der Waals surface area contributed by atoms with Crippen LogP contribution in [0.4, 0.5) is 5.95 Å². The lowest BCUT2D eigenvalue weighted by Gasteiger charge is -2.11. The van der Waals surface area contributed by atoms with E-state index in [1.807, 2.05) is 19.1 Å². The highest BCUT2D eigenvalue weighted by Crippen LogP contribution is 2.29. The number of H-pyrrole nitrogens is 1. The Morgan fingerprint density at radius 1 is 1.57 bits per heavy atom. The molecule has 0 aliphatic heterocycles. The molecule has 112 valence electrons. The molecule has 0 spiro atoms. The summed E-state index contributed by atoms with van der Waals surface area (Å²) in [6.07, 6.45) is 1.93. The average molecular weight is 306 g/mol. The number of aromatic nitrogens is 3. The molecule has 1 amide bonds. The summed E-state index contributed by atoms with van der Waals surface area (Å²) >= 11 is 1.63. The molecular formula is C14H18N4O2S. The van der Waals surface area contributed by atoms with E-state index in [9.17, 15) is 4.79 Å². The number of carbonyl (C=O) groups excluding carboxylic acids is 1. The summed E-state index contributed by atoms with van der Waals surface area (Å²) in [6.45, 7) is 4.43. The van der Waals surface area contributed by atoms with Crippen molar-refractivity contribution in [1.82, 2.24) is 15.2 Å². The smallest absolute Gasteiger partial charge is 0.255 e. The summed E-state index contributed by atoms with van der Waals surface area (Å²) in [6, 6.07) is 4.00. The van der Waals surface area contributed by atoms with E-state index in [1.165, 1.54) is 17.7 Å². The standard InChI is InChI=1S/C14H18N4O2S/c1-8-3-6-11(21-8)12-15-14(18-17-12)16-13(19)9(2)20-7-10-4-5-10/h3,6,9-10H,4-5,7H2,1-2H3,(H2,15,16,17,18,19)/t9-/m1/s1. The minimum Gasteiger partial charge on any atom is -0.368 e. The number of hydrogen-bond donors (Lipinski definition) is 2. The minimum atomic E-state index is -0.489. The number of nitrogens with zero attached hydrogens (tertiary/aromatic N) is 2. The molecule has 21 heavy (non-hydrogen) atoms. The van der Waals surface area contributed by atoms with E-state index in [-0.39, 0.29) is 11.9 Å². The molecule has 0 aromatic carbocycles. The molecule has 0 unspecified atom stereocenters. The van der Waals surface area contributed by atoms with Gasteiger partial charge in [0.25, 0.3) is 5.91 Å². The number of aromatic amines is 1. The van der Waals surface area contributed by atoms with E-state index in [1.54, 1.807) is 18.3 Å². The van der Waals surface area contributed by atoms with Gasteiger partial charge >= 0.3 is 0 Å². The summed E-state index contributed by atoms with van der Waals surface area (Å²) in [5.74, 6) is 1.36. The Morgan fingerprint density at radius 2 is 2.38 bits per heavy atom. The summed E-state index contributed by atoms with van der Waals surface area (Å²) < 4.78 is 5.52. The van der Waals surface area contributed by atoms with Gasteiger partial charge in [-0.05, 0) is 44.7 Å². The van der Waals surface area contributed by atoms with Crippen molar-refractivity contribution < 1.29 is 9.53 Å². The van der Waals surface area contributed by atoms with E-state index in [0.717, 1.165) is 4.88 Å². The fourth-order valence-corrected chi connectivity index (χ4v) is 2.65. The van der Waals surface area contributed by atoms with Gasteiger partial charge in [0, 0.05) is 4.88 Å². The lowest BCUT2D eigenvalue weighted by molar-refractivity contribution is -0.126. The lowest BCUT2D eigenvalue weighted by atomic mass is 10.3. The second kappa shape index (κ2) is 5.95. The first kappa shape index (κ1) is 14.2. The van der Waals surface area contributed by atoms with E-state index in [2.05, 4.69) is 20.5 Å². The zero-order valence-corrected chi connectivity index (χ0v) is 12.9. The highest BCUT2D eigenvalue weighted by atomic mass is 32.1. The maximum Gasteiger partial charge on any atom is 0.255 e. The van der Waals surface area contributed by atoms with Crippen LogP contribution >= 0.6 is 11.3 Å². The molecule has 1 saturated carbocycles. The van der Waals surface area contributed by atoms with Crippen molar-refractivity contribution in [1.29, 1.82) is 0 Å². The third-order valence-electron chi connectivity index (χ3n) is 3.34. The van der Waals surface area contributed by atoms with Crippen molar-refractivity contribution in [3.05, 3.63) is 17.0 Å². The van der Waals surface area contributed by atoms with Crippen LogP contribution < -0.4 is 5.32 Å². The molecule has 6 nitrogen and oxygen atoms in total. The van der Waals surface area contributed by atoms with Crippen molar-refractivity contribution in [3.63, 3.8) is 0 Å². The Bertz CT molecular complexity index is 632. The van der Waals surface area contributed by atoms with Gasteiger partial charge in [0.2, 0.25) is 5.95 Å². The summed E-state index contributed by atoms with van der Waals surface area (Å²) in [5, 5.41) is 9.52. The quantitative estimate of drug-likeness (QED) is 0.859. The van der Waals surface area contributed by atoms with Gasteiger partial charge in [0.15, 0.2) is 5.82 Å². The topological polar surface area (TPSA) is 79.9 Å². The van der Waals surface area contributed by atoms with E-state index in [0.29, 0.717) is 18.3 Å². The normalized spacial score (nSPS) is 15.9. The molecule has 2 N–H and O–H groups in total. The Balaban J connectivity index is 1.57. The van der Waals surface area contributed by atoms with Gasteiger partial charge in [-0.15, -0.1) is 16.4 Å². The molecular weight excluding hydrogens is 288 g/mol. The van der Waals surface area contributed by atoms with Crippen LogP contribution in [0.3, 0.4) is 0 Å². The van der Waals surface area contributed by atoms with Gasteiger partial charge in [0.05, 0.1) is 11.5 Å². The first-order valence-corrected chi connectivity index (χ1v) is 7.85. The molecule has 2 aromatic heterocycles. The van der Waals surface area contributed by atoms with Crippen molar-refractivity contribution in [2.24, 2.45) is 5.92 Å². The second-order valence-corrected chi connectivity index (χ2v) is 6.61. The minimum absolute atomic E-state index is 0.219. The van der Waals surface area contributed by atoms with Crippen LogP contribution in [0.1, 0.15) is 24.6 Å². The molecule has 1 fully saturated rings. The zero-order valence-electron chi connectivity index (χ0n) is 12.0. The van der Waals surface area contributed by atoms with Crippen LogP contribution in [0.15, 0.2) is 12.1 Å². The van der Waals surface area contributed by atoms with Crippen LogP contribution in [-0.4, -0.2) is 33.8 Å². The SMILES string of the molecule is Cc1ccc(-c2nc(NC(=O)[C@@H](C)OCC3CC3)n[nH]2)s1.